The van der Waals surface area contributed by atoms with Crippen LogP contribution in [-0.2, 0) is 4.57 Å². The van der Waals surface area contributed by atoms with E-state index in [-0.39, 0.29) is 0 Å². The number of hydrogen-bond acceptors (Lipinski definition) is 11. The first kappa shape index (κ1) is 30.1. The fraction of sp³-hybridized carbons (Fsp3) is 0.455. The molecular weight excluding hydrogens is 665 g/mol. The van der Waals surface area contributed by atoms with Crippen LogP contribution in [0.4, 0.5) is 28.8 Å². The van der Waals surface area contributed by atoms with Crippen LogP contribution in [0.2, 0.25) is 0 Å². The Balaban J connectivity index is 0.962. The van der Waals surface area contributed by atoms with Gasteiger partial charge in [0, 0.05) is 62.1 Å². The van der Waals surface area contributed by atoms with Crippen molar-refractivity contribution in [3.63, 3.8) is 0 Å². The largest absolute Gasteiger partial charge is 0.489 e. The first-order valence-corrected chi connectivity index (χ1v) is 19.6. The topological polar surface area (TPSA) is 112 Å². The molecule has 2 N–H and O–H groups in total. The Morgan fingerprint density at radius 3 is 2.50 bits per heavy atom. The Bertz CT molecular complexity index is 1820. The van der Waals surface area contributed by atoms with Crippen molar-refractivity contribution in [1.29, 1.82) is 0 Å². The summed E-state index contributed by atoms with van der Waals surface area (Å²) in [6.07, 6.45) is 10.3. The second-order valence-electron chi connectivity index (χ2n) is 13.2. The zero-order valence-electron chi connectivity index (χ0n) is 26.2. The van der Waals surface area contributed by atoms with Gasteiger partial charge in [-0.3, -0.25) is 14.9 Å². The number of likely N-dealkylation sites (tertiary alicyclic amines) is 1. The van der Waals surface area contributed by atoms with Gasteiger partial charge in [-0.05, 0) is 92.3 Å². The van der Waals surface area contributed by atoms with Gasteiger partial charge in [-0.15, -0.1) is 0 Å². The molecular formula is C33H39BrN9O2P. The Kier molecular flexibility index (Phi) is 7.87. The summed E-state index contributed by atoms with van der Waals surface area (Å²) in [6.45, 7) is 9.87. The van der Waals surface area contributed by atoms with E-state index in [2.05, 4.69) is 68.3 Å². The quantitative estimate of drug-likeness (QED) is 0.241. The number of piperazine rings is 1. The summed E-state index contributed by atoms with van der Waals surface area (Å²) in [6, 6.07) is 11.9. The minimum absolute atomic E-state index is 0.373. The molecule has 3 fully saturated rings. The van der Waals surface area contributed by atoms with E-state index in [1.807, 2.05) is 18.2 Å². The van der Waals surface area contributed by atoms with E-state index in [9.17, 15) is 4.57 Å². The van der Waals surface area contributed by atoms with Crippen molar-refractivity contribution in [2.24, 2.45) is 0 Å². The molecule has 1 saturated carbocycles. The van der Waals surface area contributed by atoms with Gasteiger partial charge >= 0.3 is 0 Å². The lowest BCUT2D eigenvalue weighted by atomic mass is 9.99. The first-order chi connectivity index (χ1) is 22.3. The molecule has 3 aliphatic heterocycles. The average molecular weight is 705 g/mol. The van der Waals surface area contributed by atoms with Crippen LogP contribution in [0.25, 0.3) is 11.0 Å². The predicted octanol–water partition coefficient (Wildman–Crippen LogP) is 5.43. The van der Waals surface area contributed by atoms with Crippen LogP contribution in [-0.4, -0.2) is 101 Å². The molecule has 5 heterocycles. The summed E-state index contributed by atoms with van der Waals surface area (Å²) in [5.41, 5.74) is 3.99. The standard InChI is InChI=1S/C33H39BrN9O2P/c1-46(2,44)31-27(7-6-26-30(31)36-12-11-35-26)39-32-25(34)18-37-33(40-32)38-21-3-8-28-29(17-21)45-20-24-19-42(15-16-43(24)28)23-9-13-41(14-10-23)22-4-5-22/h3,6-8,11-12,17-18,22-24H,4-5,9-10,13-16,19-20H2,1-2H3,(H2,37,38,39,40)/t24-/m1/s1. The summed E-state index contributed by atoms with van der Waals surface area (Å²) in [5, 5.41) is 7.36. The number of nitrogens with zero attached hydrogens (tertiary/aromatic N) is 7. The highest BCUT2D eigenvalue weighted by molar-refractivity contribution is 9.10. The maximum absolute atomic E-state index is 13.4. The molecule has 4 aliphatic rings. The van der Waals surface area contributed by atoms with Gasteiger partial charge < -0.3 is 29.7 Å². The molecule has 2 aromatic carbocycles. The number of nitrogens with one attached hydrogen (secondary N) is 2. The van der Waals surface area contributed by atoms with E-state index in [1.54, 1.807) is 31.9 Å². The lowest BCUT2D eigenvalue weighted by molar-refractivity contribution is 0.0768. The van der Waals surface area contributed by atoms with E-state index in [1.165, 1.54) is 38.8 Å². The molecule has 2 saturated heterocycles. The van der Waals surface area contributed by atoms with Gasteiger partial charge in [0.05, 0.1) is 32.7 Å². The summed E-state index contributed by atoms with van der Waals surface area (Å²) < 4.78 is 20.4. The highest BCUT2D eigenvalue weighted by atomic mass is 79.9. The number of rotatable bonds is 7. The van der Waals surface area contributed by atoms with Gasteiger partial charge in [0.1, 0.15) is 30.8 Å². The zero-order valence-corrected chi connectivity index (χ0v) is 28.7. The second kappa shape index (κ2) is 12.0. The van der Waals surface area contributed by atoms with Crippen molar-refractivity contribution in [3.05, 3.63) is 53.4 Å². The molecule has 0 bridgehead atoms. The molecule has 4 aromatic rings. The monoisotopic (exact) mass is 703 g/mol. The van der Waals surface area contributed by atoms with Gasteiger partial charge in [-0.25, -0.2) is 4.98 Å². The van der Waals surface area contributed by atoms with Crippen molar-refractivity contribution in [3.8, 4) is 5.75 Å². The van der Waals surface area contributed by atoms with E-state index < -0.39 is 7.14 Å². The number of halogens is 1. The molecule has 8 rings (SSSR count). The summed E-state index contributed by atoms with van der Waals surface area (Å²) in [7, 11) is -2.72. The van der Waals surface area contributed by atoms with Crippen LogP contribution in [0.15, 0.2) is 53.4 Å². The van der Waals surface area contributed by atoms with Gasteiger partial charge in [0.2, 0.25) is 5.95 Å². The lowest BCUT2D eigenvalue weighted by Gasteiger charge is -2.49. The Labute approximate surface area is 277 Å². The van der Waals surface area contributed by atoms with Crippen molar-refractivity contribution in [2.45, 2.75) is 43.8 Å². The molecule has 11 nitrogen and oxygen atoms in total. The minimum Gasteiger partial charge on any atom is -0.489 e. The third-order valence-electron chi connectivity index (χ3n) is 9.70. The number of ether oxygens (including phenoxy) is 1. The third-order valence-corrected chi connectivity index (χ3v) is 11.8. The van der Waals surface area contributed by atoms with Crippen molar-refractivity contribution >= 4 is 68.2 Å². The number of aromatic nitrogens is 4. The Morgan fingerprint density at radius 2 is 1.70 bits per heavy atom. The second-order valence-corrected chi connectivity index (χ2v) is 17.2. The summed E-state index contributed by atoms with van der Waals surface area (Å²) in [4.78, 5) is 26.1. The van der Waals surface area contributed by atoms with Crippen molar-refractivity contribution in [1.82, 2.24) is 29.7 Å². The van der Waals surface area contributed by atoms with E-state index in [4.69, 9.17) is 9.72 Å². The van der Waals surface area contributed by atoms with E-state index in [0.29, 0.717) is 57.0 Å². The summed E-state index contributed by atoms with van der Waals surface area (Å²) >= 11 is 3.58. The van der Waals surface area contributed by atoms with Gasteiger partial charge in [-0.1, -0.05) is 0 Å². The van der Waals surface area contributed by atoms with Crippen molar-refractivity contribution in [2.75, 3.05) is 68.2 Å². The minimum atomic E-state index is -2.72. The van der Waals surface area contributed by atoms with Crippen LogP contribution >= 0.6 is 23.1 Å². The number of piperidine rings is 1. The SMILES string of the molecule is CP(C)(=O)c1c(Nc2nc(Nc3ccc4c(c3)OC[C@H]3CN(C5CCN(C6CC6)CC5)CCN43)ncc2Br)ccc2nccnc12. The Morgan fingerprint density at radius 1 is 0.891 bits per heavy atom. The van der Waals surface area contributed by atoms with Gasteiger partial charge in [-0.2, -0.15) is 4.98 Å². The van der Waals surface area contributed by atoms with Crippen LogP contribution < -0.4 is 25.6 Å². The van der Waals surface area contributed by atoms with Crippen LogP contribution in [0.1, 0.15) is 25.7 Å². The number of fused-ring (bicyclic) bond motifs is 4. The van der Waals surface area contributed by atoms with Crippen LogP contribution in [0.3, 0.4) is 0 Å². The zero-order chi connectivity index (χ0) is 31.4. The molecule has 1 aliphatic carbocycles. The van der Waals surface area contributed by atoms with Crippen molar-refractivity contribution < 1.29 is 9.30 Å². The van der Waals surface area contributed by atoms with Crippen LogP contribution in [0, 0.1) is 0 Å². The lowest BCUT2D eigenvalue weighted by Crippen LogP contribution is -2.60. The molecule has 240 valence electrons. The predicted molar refractivity (Wildman–Crippen MR) is 187 cm³/mol. The molecule has 2 aromatic heterocycles. The highest BCUT2D eigenvalue weighted by Crippen LogP contribution is 2.42. The smallest absolute Gasteiger partial charge is 0.229 e. The van der Waals surface area contributed by atoms with E-state index >= 15 is 0 Å². The number of hydrogen-bond donors (Lipinski definition) is 2. The average Bonchev–Trinajstić information content (AvgIpc) is 3.91. The molecule has 1 atom stereocenters. The molecule has 0 amide bonds. The number of benzene rings is 2. The third kappa shape index (κ3) is 5.96. The summed E-state index contributed by atoms with van der Waals surface area (Å²) in [5.74, 6) is 1.86. The van der Waals surface area contributed by atoms with E-state index in [0.717, 1.165) is 42.8 Å². The van der Waals surface area contributed by atoms with Crippen LogP contribution in [0.5, 0.6) is 5.75 Å². The fourth-order valence-corrected chi connectivity index (χ4v) is 8.98. The normalized spacial score (nSPS) is 21.0. The number of anilines is 5. The highest BCUT2D eigenvalue weighted by Gasteiger charge is 2.38. The molecule has 46 heavy (non-hydrogen) atoms. The maximum Gasteiger partial charge on any atom is 0.229 e. The van der Waals surface area contributed by atoms with Gasteiger partial charge in [0.25, 0.3) is 0 Å². The molecule has 0 radical (unpaired) electrons. The molecule has 13 heteroatoms. The Hall–Kier alpha value is -3.31. The molecule has 0 spiro atoms. The first-order valence-electron chi connectivity index (χ1n) is 16.2. The fourth-order valence-electron chi connectivity index (χ4n) is 7.30. The molecule has 0 unspecified atom stereocenters. The maximum atomic E-state index is 13.4. The van der Waals surface area contributed by atoms with Gasteiger partial charge in [0.15, 0.2) is 0 Å².